The van der Waals surface area contributed by atoms with Crippen molar-refractivity contribution in [1.29, 1.82) is 0 Å². The fourth-order valence-electron chi connectivity index (χ4n) is 3.76. The monoisotopic (exact) mass is 398 g/mol. The average molecular weight is 399 g/mol. The first-order valence-corrected chi connectivity index (χ1v) is 9.85. The van der Waals surface area contributed by atoms with Crippen molar-refractivity contribution in [2.24, 2.45) is 5.92 Å². The van der Waals surface area contributed by atoms with Gasteiger partial charge in [-0.1, -0.05) is 17.7 Å². The number of nitrogens with zero attached hydrogens (tertiary/aromatic N) is 3. The number of halogens is 1. The van der Waals surface area contributed by atoms with E-state index in [-0.39, 0.29) is 11.8 Å². The van der Waals surface area contributed by atoms with Crippen LogP contribution in [0, 0.1) is 26.7 Å². The molecule has 1 aliphatic rings. The van der Waals surface area contributed by atoms with Crippen molar-refractivity contribution < 1.29 is 9.21 Å². The number of aryl methyl sites for hydroxylation is 2. The number of benzene rings is 1. The number of hydrogen-bond donors (Lipinski definition) is 1. The summed E-state index contributed by atoms with van der Waals surface area (Å²) < 4.78 is 5.74. The lowest BCUT2D eigenvalue weighted by Gasteiger charge is -2.33. The van der Waals surface area contributed by atoms with Crippen LogP contribution in [0.5, 0.6) is 0 Å². The number of rotatable bonds is 3. The number of fused-ring (bicyclic) bond motifs is 1. The molecule has 0 aliphatic carbocycles. The molecule has 0 spiro atoms. The van der Waals surface area contributed by atoms with Gasteiger partial charge in [0.15, 0.2) is 0 Å². The topological polar surface area (TPSA) is 71.3 Å². The lowest BCUT2D eigenvalue weighted by molar-refractivity contribution is -0.120. The zero-order valence-corrected chi connectivity index (χ0v) is 17.0. The van der Waals surface area contributed by atoms with E-state index in [1.807, 2.05) is 39.0 Å². The summed E-state index contributed by atoms with van der Waals surface area (Å²) in [5, 5.41) is 4.63. The van der Waals surface area contributed by atoms with Gasteiger partial charge in [-0.2, -0.15) is 0 Å². The Labute approximate surface area is 168 Å². The second-order valence-corrected chi connectivity index (χ2v) is 7.75. The summed E-state index contributed by atoms with van der Waals surface area (Å²) in [6.45, 7) is 7.33. The molecular formula is C21H23ClN4O2. The molecule has 1 fully saturated rings. The Morgan fingerprint density at radius 1 is 1.25 bits per heavy atom. The average Bonchev–Trinajstić information content (AvgIpc) is 2.99. The van der Waals surface area contributed by atoms with Crippen molar-refractivity contribution in [1.82, 2.24) is 9.97 Å². The Hall–Kier alpha value is -2.60. The van der Waals surface area contributed by atoms with Gasteiger partial charge in [-0.3, -0.25) is 4.79 Å². The van der Waals surface area contributed by atoms with Gasteiger partial charge in [0.1, 0.15) is 17.9 Å². The number of aromatic nitrogens is 2. The third-order valence-corrected chi connectivity index (χ3v) is 5.97. The lowest BCUT2D eigenvalue weighted by Crippen LogP contribution is -2.41. The molecule has 7 heteroatoms. The maximum absolute atomic E-state index is 12.9. The summed E-state index contributed by atoms with van der Waals surface area (Å²) in [6, 6.07) is 5.55. The van der Waals surface area contributed by atoms with E-state index >= 15 is 0 Å². The number of carbonyl (C=O) groups excluding carboxylic acids is 1. The van der Waals surface area contributed by atoms with Crippen molar-refractivity contribution in [3.05, 3.63) is 46.4 Å². The van der Waals surface area contributed by atoms with E-state index in [0.717, 1.165) is 53.2 Å². The zero-order chi connectivity index (χ0) is 19.8. The summed E-state index contributed by atoms with van der Waals surface area (Å²) >= 11 is 6.18. The minimum atomic E-state index is -0.120. The van der Waals surface area contributed by atoms with Gasteiger partial charge >= 0.3 is 0 Å². The SMILES string of the molecule is Cc1oc2ncnc(N3CCC[C@H](C(=O)Nc4cccc(Cl)c4C)C3)c2c1C. The summed E-state index contributed by atoms with van der Waals surface area (Å²) in [5.74, 6) is 1.58. The molecule has 1 aromatic carbocycles. The molecule has 0 saturated carbocycles. The fourth-order valence-corrected chi connectivity index (χ4v) is 3.94. The van der Waals surface area contributed by atoms with Crippen molar-refractivity contribution in [2.75, 3.05) is 23.3 Å². The van der Waals surface area contributed by atoms with Crippen LogP contribution < -0.4 is 10.2 Å². The molecule has 0 bridgehead atoms. The standard InChI is InChI=1S/C21H23ClN4O2/c1-12-14(3)28-21-18(12)19(23-11-24-21)26-9-5-6-15(10-26)20(27)25-17-8-4-7-16(22)13(17)2/h4,7-8,11,15H,5-6,9-10H2,1-3H3,(H,25,27)/t15-/m0/s1. The Morgan fingerprint density at radius 3 is 2.89 bits per heavy atom. The van der Waals surface area contributed by atoms with Crippen LogP contribution in [0.3, 0.4) is 0 Å². The Bertz CT molecular complexity index is 1050. The highest BCUT2D eigenvalue weighted by Crippen LogP contribution is 2.33. The molecule has 1 atom stereocenters. The number of nitrogens with one attached hydrogen (secondary N) is 1. The largest absolute Gasteiger partial charge is 0.443 e. The highest BCUT2D eigenvalue weighted by Gasteiger charge is 2.29. The van der Waals surface area contributed by atoms with E-state index < -0.39 is 0 Å². The molecule has 3 aromatic rings. The van der Waals surface area contributed by atoms with Gasteiger partial charge in [0.25, 0.3) is 0 Å². The first-order valence-electron chi connectivity index (χ1n) is 9.47. The molecule has 28 heavy (non-hydrogen) atoms. The van der Waals surface area contributed by atoms with Crippen LogP contribution in [0.2, 0.25) is 5.02 Å². The number of carbonyl (C=O) groups is 1. The van der Waals surface area contributed by atoms with Gasteiger partial charge in [0.2, 0.25) is 11.6 Å². The van der Waals surface area contributed by atoms with Gasteiger partial charge in [-0.25, -0.2) is 9.97 Å². The first kappa shape index (κ1) is 18.7. The second kappa shape index (κ2) is 7.43. The number of amides is 1. The van der Waals surface area contributed by atoms with E-state index in [2.05, 4.69) is 20.2 Å². The number of furan rings is 1. The van der Waals surface area contributed by atoms with Crippen molar-refractivity contribution >= 4 is 40.1 Å². The molecule has 0 radical (unpaired) electrons. The maximum Gasteiger partial charge on any atom is 0.231 e. The first-order chi connectivity index (χ1) is 13.5. The Kier molecular flexibility index (Phi) is 4.98. The lowest BCUT2D eigenvalue weighted by atomic mass is 9.96. The molecule has 146 valence electrons. The van der Waals surface area contributed by atoms with Crippen LogP contribution in [-0.2, 0) is 4.79 Å². The van der Waals surface area contributed by atoms with Crippen molar-refractivity contribution in [3.8, 4) is 0 Å². The number of anilines is 2. The van der Waals surface area contributed by atoms with E-state index in [1.54, 1.807) is 0 Å². The molecule has 6 nitrogen and oxygen atoms in total. The van der Waals surface area contributed by atoms with E-state index in [0.29, 0.717) is 17.3 Å². The molecule has 4 rings (SSSR count). The third-order valence-electron chi connectivity index (χ3n) is 5.56. The molecule has 3 heterocycles. The molecule has 2 aromatic heterocycles. The quantitative estimate of drug-likeness (QED) is 0.694. The predicted octanol–water partition coefficient (Wildman–Crippen LogP) is 4.66. The van der Waals surface area contributed by atoms with Gasteiger partial charge in [0, 0.05) is 29.4 Å². The third kappa shape index (κ3) is 3.33. The van der Waals surface area contributed by atoms with Gasteiger partial charge < -0.3 is 14.6 Å². The second-order valence-electron chi connectivity index (χ2n) is 7.35. The molecule has 1 aliphatic heterocycles. The van der Waals surface area contributed by atoms with Crippen LogP contribution in [0.1, 0.15) is 29.7 Å². The van der Waals surface area contributed by atoms with Gasteiger partial charge in [-0.05, 0) is 51.3 Å². The maximum atomic E-state index is 12.9. The van der Waals surface area contributed by atoms with Crippen LogP contribution in [0.15, 0.2) is 28.9 Å². The van der Waals surface area contributed by atoms with Crippen molar-refractivity contribution in [3.63, 3.8) is 0 Å². The normalized spacial score (nSPS) is 17.1. The summed E-state index contributed by atoms with van der Waals surface area (Å²) in [5.41, 5.74) is 3.29. The summed E-state index contributed by atoms with van der Waals surface area (Å²) in [4.78, 5) is 23.8. The highest BCUT2D eigenvalue weighted by molar-refractivity contribution is 6.31. The molecule has 0 unspecified atom stereocenters. The van der Waals surface area contributed by atoms with Gasteiger partial charge in [0.05, 0.1) is 11.3 Å². The molecule has 1 saturated heterocycles. The summed E-state index contributed by atoms with van der Waals surface area (Å²) in [6.07, 6.45) is 3.30. The Morgan fingerprint density at radius 2 is 2.07 bits per heavy atom. The molecule has 1 N–H and O–H groups in total. The highest BCUT2D eigenvalue weighted by atomic mass is 35.5. The van der Waals surface area contributed by atoms with E-state index in [4.69, 9.17) is 16.0 Å². The number of hydrogen-bond acceptors (Lipinski definition) is 5. The van der Waals surface area contributed by atoms with Crippen LogP contribution in [0.25, 0.3) is 11.1 Å². The van der Waals surface area contributed by atoms with Crippen LogP contribution >= 0.6 is 11.6 Å². The fraction of sp³-hybridized carbons (Fsp3) is 0.381. The van der Waals surface area contributed by atoms with E-state index in [1.165, 1.54) is 6.33 Å². The predicted molar refractivity (Wildman–Crippen MR) is 111 cm³/mol. The minimum Gasteiger partial charge on any atom is -0.443 e. The van der Waals surface area contributed by atoms with Crippen LogP contribution in [-0.4, -0.2) is 29.0 Å². The van der Waals surface area contributed by atoms with E-state index in [9.17, 15) is 4.79 Å². The zero-order valence-electron chi connectivity index (χ0n) is 16.3. The van der Waals surface area contributed by atoms with Gasteiger partial charge in [-0.15, -0.1) is 0 Å². The molecule has 1 amide bonds. The minimum absolute atomic E-state index is 0.0143. The smallest absolute Gasteiger partial charge is 0.231 e. The van der Waals surface area contributed by atoms with Crippen LogP contribution in [0.4, 0.5) is 11.5 Å². The summed E-state index contributed by atoms with van der Waals surface area (Å²) in [7, 11) is 0. The Balaban J connectivity index is 1.57. The molecular weight excluding hydrogens is 376 g/mol. The number of piperidine rings is 1. The van der Waals surface area contributed by atoms with Crippen molar-refractivity contribution in [2.45, 2.75) is 33.6 Å².